The van der Waals surface area contributed by atoms with Crippen molar-refractivity contribution < 1.29 is 4.39 Å². The molecule has 0 nitrogen and oxygen atoms in total. The van der Waals surface area contributed by atoms with Crippen LogP contribution in [0, 0.1) is 11.7 Å². The van der Waals surface area contributed by atoms with Crippen molar-refractivity contribution in [3.8, 4) is 0 Å². The lowest BCUT2D eigenvalue weighted by Crippen LogP contribution is -2.02. The second-order valence-electron chi connectivity index (χ2n) is 4.14. The lowest BCUT2D eigenvalue weighted by Gasteiger charge is -2.08. The van der Waals surface area contributed by atoms with Gasteiger partial charge in [0.1, 0.15) is 5.82 Å². The summed E-state index contributed by atoms with van der Waals surface area (Å²) in [4.78, 5) is 0.640. The first-order valence-electron chi connectivity index (χ1n) is 5.25. The maximum atomic E-state index is 13.0. The molecule has 0 aromatic heterocycles. The van der Waals surface area contributed by atoms with E-state index in [1.807, 2.05) is 12.1 Å². The average Bonchev–Trinajstić information content (AvgIpc) is 3.03. The molecule has 1 fully saturated rings. The number of halogens is 3. The van der Waals surface area contributed by atoms with Crippen molar-refractivity contribution in [3.63, 3.8) is 0 Å². The summed E-state index contributed by atoms with van der Waals surface area (Å²) < 4.78 is 13.5. The summed E-state index contributed by atoms with van der Waals surface area (Å²) in [6.45, 7) is 0. The molecule has 82 valence electrons. The van der Waals surface area contributed by atoms with Gasteiger partial charge < -0.3 is 0 Å². The number of rotatable bonds is 4. The Kier molecular flexibility index (Phi) is 3.83. The van der Waals surface area contributed by atoms with Crippen LogP contribution in [0.4, 0.5) is 4.39 Å². The molecule has 15 heavy (non-hydrogen) atoms. The third-order valence-corrected chi connectivity index (χ3v) is 4.64. The molecule has 0 heterocycles. The standard InChI is InChI=1S/C12H13Br2F/c13-10(9-3-4-9)5-1-8-2-6-12(15)11(14)7-8/h2,6-7,9-10H,1,3-5H2. The van der Waals surface area contributed by atoms with Crippen LogP contribution in [0.25, 0.3) is 0 Å². The van der Waals surface area contributed by atoms with E-state index in [0.717, 1.165) is 18.8 Å². The van der Waals surface area contributed by atoms with Crippen molar-refractivity contribution in [2.45, 2.75) is 30.5 Å². The van der Waals surface area contributed by atoms with Crippen molar-refractivity contribution in [1.82, 2.24) is 0 Å². The number of benzene rings is 1. The quantitative estimate of drug-likeness (QED) is 0.700. The Morgan fingerprint density at radius 1 is 1.40 bits per heavy atom. The number of alkyl halides is 1. The Balaban J connectivity index is 1.89. The predicted octanol–water partition coefficient (Wildman–Crippen LogP) is 4.69. The highest BCUT2D eigenvalue weighted by Gasteiger charge is 2.28. The van der Waals surface area contributed by atoms with Crippen LogP contribution >= 0.6 is 31.9 Å². The molecule has 0 amide bonds. The third-order valence-electron chi connectivity index (χ3n) is 2.83. The zero-order valence-corrected chi connectivity index (χ0v) is 11.5. The van der Waals surface area contributed by atoms with Gasteiger partial charge in [-0.15, -0.1) is 0 Å². The smallest absolute Gasteiger partial charge is 0.137 e. The fourth-order valence-corrected chi connectivity index (χ4v) is 2.88. The lowest BCUT2D eigenvalue weighted by atomic mass is 10.1. The maximum Gasteiger partial charge on any atom is 0.137 e. The topological polar surface area (TPSA) is 0 Å². The highest BCUT2D eigenvalue weighted by Crippen LogP contribution is 2.38. The van der Waals surface area contributed by atoms with Crippen molar-refractivity contribution in [2.24, 2.45) is 5.92 Å². The van der Waals surface area contributed by atoms with Crippen LogP contribution in [0.2, 0.25) is 0 Å². The summed E-state index contributed by atoms with van der Waals surface area (Å²) in [6, 6.07) is 5.27. The molecule has 1 unspecified atom stereocenters. The van der Waals surface area contributed by atoms with Gasteiger partial charge in [0.25, 0.3) is 0 Å². The SMILES string of the molecule is Fc1ccc(CCC(Br)C2CC2)cc1Br. The molecule has 1 aliphatic rings. The van der Waals surface area contributed by atoms with Crippen LogP contribution in [0.1, 0.15) is 24.8 Å². The fraction of sp³-hybridized carbons (Fsp3) is 0.500. The molecule has 1 saturated carbocycles. The summed E-state index contributed by atoms with van der Waals surface area (Å²) in [5.41, 5.74) is 1.20. The van der Waals surface area contributed by atoms with Crippen molar-refractivity contribution in [1.29, 1.82) is 0 Å². The first-order valence-corrected chi connectivity index (χ1v) is 6.95. The van der Waals surface area contributed by atoms with Gasteiger partial charge in [0.2, 0.25) is 0 Å². The summed E-state index contributed by atoms with van der Waals surface area (Å²) in [6.07, 6.45) is 4.89. The van der Waals surface area contributed by atoms with Gasteiger partial charge in [-0.2, -0.15) is 0 Å². The summed E-state index contributed by atoms with van der Waals surface area (Å²) in [5, 5.41) is 0. The Morgan fingerprint density at radius 2 is 2.13 bits per heavy atom. The Hall–Kier alpha value is 0.110. The summed E-state index contributed by atoms with van der Waals surface area (Å²) in [5.74, 6) is 0.699. The summed E-state index contributed by atoms with van der Waals surface area (Å²) in [7, 11) is 0. The molecule has 3 heteroatoms. The monoisotopic (exact) mass is 334 g/mol. The van der Waals surface area contributed by atoms with E-state index in [0.29, 0.717) is 9.30 Å². The van der Waals surface area contributed by atoms with Crippen LogP contribution in [-0.2, 0) is 6.42 Å². The van der Waals surface area contributed by atoms with E-state index in [-0.39, 0.29) is 5.82 Å². The molecule has 1 aliphatic carbocycles. The predicted molar refractivity (Wildman–Crippen MR) is 67.9 cm³/mol. The zero-order chi connectivity index (χ0) is 10.8. The van der Waals surface area contributed by atoms with Gasteiger partial charge in [-0.3, -0.25) is 0 Å². The van der Waals surface area contributed by atoms with Crippen LogP contribution in [0.3, 0.4) is 0 Å². The minimum absolute atomic E-state index is 0.184. The maximum absolute atomic E-state index is 13.0. The van der Waals surface area contributed by atoms with E-state index in [2.05, 4.69) is 31.9 Å². The van der Waals surface area contributed by atoms with E-state index < -0.39 is 0 Å². The molecule has 1 aromatic rings. The van der Waals surface area contributed by atoms with E-state index >= 15 is 0 Å². The summed E-state index contributed by atoms with van der Waals surface area (Å²) >= 11 is 6.92. The van der Waals surface area contributed by atoms with Crippen molar-refractivity contribution in [3.05, 3.63) is 34.1 Å². The molecular formula is C12H13Br2F. The molecule has 0 radical (unpaired) electrons. The van der Waals surface area contributed by atoms with E-state index in [4.69, 9.17) is 0 Å². The highest BCUT2D eigenvalue weighted by molar-refractivity contribution is 9.10. The Morgan fingerprint density at radius 3 is 2.73 bits per heavy atom. The fourth-order valence-electron chi connectivity index (χ4n) is 1.69. The second kappa shape index (κ2) is 4.96. The van der Waals surface area contributed by atoms with Crippen molar-refractivity contribution in [2.75, 3.05) is 0 Å². The number of hydrogen-bond acceptors (Lipinski definition) is 0. The van der Waals surface area contributed by atoms with Crippen LogP contribution < -0.4 is 0 Å². The van der Waals surface area contributed by atoms with Crippen LogP contribution in [-0.4, -0.2) is 4.83 Å². The largest absolute Gasteiger partial charge is 0.206 e. The molecular weight excluding hydrogens is 323 g/mol. The molecule has 0 N–H and O–H groups in total. The molecule has 1 aromatic carbocycles. The number of aryl methyl sites for hydroxylation is 1. The minimum atomic E-state index is -0.184. The van der Waals surface area contributed by atoms with E-state index in [1.54, 1.807) is 0 Å². The first kappa shape index (κ1) is 11.6. The molecule has 0 saturated heterocycles. The molecule has 0 bridgehead atoms. The van der Waals surface area contributed by atoms with E-state index in [1.165, 1.54) is 24.5 Å². The van der Waals surface area contributed by atoms with Gasteiger partial charge in [-0.05, 0) is 65.2 Å². The average molecular weight is 336 g/mol. The molecule has 2 rings (SSSR count). The molecule has 0 spiro atoms. The van der Waals surface area contributed by atoms with Gasteiger partial charge in [0.05, 0.1) is 4.47 Å². The van der Waals surface area contributed by atoms with Gasteiger partial charge in [-0.1, -0.05) is 22.0 Å². The van der Waals surface area contributed by atoms with Gasteiger partial charge in [0.15, 0.2) is 0 Å². The normalized spacial score (nSPS) is 17.8. The van der Waals surface area contributed by atoms with Crippen molar-refractivity contribution >= 4 is 31.9 Å². The van der Waals surface area contributed by atoms with Crippen LogP contribution in [0.15, 0.2) is 22.7 Å². The van der Waals surface area contributed by atoms with Crippen LogP contribution in [0.5, 0.6) is 0 Å². The highest BCUT2D eigenvalue weighted by atomic mass is 79.9. The minimum Gasteiger partial charge on any atom is -0.206 e. The third kappa shape index (κ3) is 3.28. The van der Waals surface area contributed by atoms with Gasteiger partial charge in [-0.25, -0.2) is 4.39 Å². The molecule has 0 aliphatic heterocycles. The second-order valence-corrected chi connectivity index (χ2v) is 6.17. The van der Waals surface area contributed by atoms with E-state index in [9.17, 15) is 4.39 Å². The zero-order valence-electron chi connectivity index (χ0n) is 8.35. The number of hydrogen-bond donors (Lipinski definition) is 0. The Labute approximate surface area is 107 Å². The Bertz CT molecular complexity index is 347. The first-order chi connectivity index (χ1) is 7.16. The lowest BCUT2D eigenvalue weighted by molar-refractivity contribution is 0.619. The van der Waals surface area contributed by atoms with Gasteiger partial charge >= 0.3 is 0 Å². The molecule has 1 atom stereocenters. The van der Waals surface area contributed by atoms with Gasteiger partial charge in [0, 0.05) is 4.83 Å².